The topological polar surface area (TPSA) is 37.4 Å². The van der Waals surface area contributed by atoms with Crippen LogP contribution in [-0.2, 0) is 9.59 Å². The smallest absolute Gasteiger partial charge is 0.253 e. The van der Waals surface area contributed by atoms with Gasteiger partial charge in [0.15, 0.2) is 0 Å². The fourth-order valence-corrected chi connectivity index (χ4v) is 1.88. The molecule has 0 radical (unpaired) electrons. The average molecular weight is 191 g/mol. The van der Waals surface area contributed by atoms with Crippen LogP contribution in [0.3, 0.4) is 0 Å². The average Bonchev–Trinajstić information content (AvgIpc) is 2.76. The molecule has 2 aliphatic rings. The van der Waals surface area contributed by atoms with Crippen LogP contribution in [0.1, 0.15) is 19.3 Å². The zero-order valence-electron chi connectivity index (χ0n) is 7.98. The van der Waals surface area contributed by atoms with Crippen molar-refractivity contribution in [3.05, 3.63) is 24.3 Å². The van der Waals surface area contributed by atoms with Crippen molar-refractivity contribution in [2.24, 2.45) is 5.92 Å². The van der Waals surface area contributed by atoms with Crippen molar-refractivity contribution >= 4 is 11.8 Å². The number of carbonyl (C=O) groups is 2. The lowest BCUT2D eigenvalue weighted by Gasteiger charge is -2.15. The van der Waals surface area contributed by atoms with E-state index in [0.717, 1.165) is 19.3 Å². The van der Waals surface area contributed by atoms with E-state index in [4.69, 9.17) is 0 Å². The van der Waals surface area contributed by atoms with Crippen molar-refractivity contribution in [2.45, 2.75) is 19.3 Å². The Hall–Kier alpha value is -1.38. The van der Waals surface area contributed by atoms with E-state index in [1.807, 2.05) is 0 Å². The summed E-state index contributed by atoms with van der Waals surface area (Å²) in [5, 5.41) is 0. The third kappa shape index (κ3) is 1.76. The van der Waals surface area contributed by atoms with Gasteiger partial charge >= 0.3 is 0 Å². The molecule has 2 amide bonds. The Kier molecular flexibility index (Phi) is 2.48. The van der Waals surface area contributed by atoms with Gasteiger partial charge in [-0.2, -0.15) is 0 Å². The highest BCUT2D eigenvalue weighted by atomic mass is 16.2. The van der Waals surface area contributed by atoms with Gasteiger partial charge in [0.1, 0.15) is 0 Å². The van der Waals surface area contributed by atoms with Crippen LogP contribution in [0, 0.1) is 5.92 Å². The zero-order chi connectivity index (χ0) is 9.97. The van der Waals surface area contributed by atoms with Crippen LogP contribution in [0.5, 0.6) is 0 Å². The summed E-state index contributed by atoms with van der Waals surface area (Å²) in [4.78, 5) is 23.7. The predicted molar refractivity (Wildman–Crippen MR) is 52.3 cm³/mol. The number of hydrogen-bond donors (Lipinski definition) is 0. The molecule has 3 nitrogen and oxygen atoms in total. The Morgan fingerprint density at radius 3 is 2.57 bits per heavy atom. The zero-order valence-corrected chi connectivity index (χ0v) is 7.98. The van der Waals surface area contributed by atoms with Crippen molar-refractivity contribution in [1.82, 2.24) is 4.90 Å². The number of allylic oxidation sites excluding steroid dienone is 2. The van der Waals surface area contributed by atoms with E-state index in [-0.39, 0.29) is 11.8 Å². The molecule has 0 spiro atoms. The van der Waals surface area contributed by atoms with Crippen LogP contribution < -0.4 is 0 Å². The second kappa shape index (κ2) is 3.78. The summed E-state index contributed by atoms with van der Waals surface area (Å²) in [5.41, 5.74) is 0. The first kappa shape index (κ1) is 9.19. The summed E-state index contributed by atoms with van der Waals surface area (Å²) in [6.07, 6.45) is 10.2. The van der Waals surface area contributed by atoms with E-state index in [2.05, 4.69) is 12.2 Å². The van der Waals surface area contributed by atoms with Gasteiger partial charge in [0.25, 0.3) is 11.8 Å². The lowest BCUT2D eigenvalue weighted by Crippen LogP contribution is -2.31. The van der Waals surface area contributed by atoms with Crippen molar-refractivity contribution < 1.29 is 9.59 Å². The van der Waals surface area contributed by atoms with Crippen LogP contribution in [0.25, 0.3) is 0 Å². The van der Waals surface area contributed by atoms with Gasteiger partial charge < -0.3 is 0 Å². The van der Waals surface area contributed by atoms with Crippen LogP contribution in [-0.4, -0.2) is 23.3 Å². The van der Waals surface area contributed by atoms with E-state index in [9.17, 15) is 9.59 Å². The van der Waals surface area contributed by atoms with Crippen molar-refractivity contribution in [1.29, 1.82) is 0 Å². The van der Waals surface area contributed by atoms with Gasteiger partial charge in [-0.05, 0) is 25.2 Å². The lowest BCUT2D eigenvalue weighted by atomic mass is 10.1. The molecule has 14 heavy (non-hydrogen) atoms. The van der Waals surface area contributed by atoms with Crippen molar-refractivity contribution in [3.63, 3.8) is 0 Å². The maximum atomic E-state index is 11.2. The second-order valence-corrected chi connectivity index (χ2v) is 3.72. The number of rotatable bonds is 3. The quantitative estimate of drug-likeness (QED) is 0.497. The van der Waals surface area contributed by atoms with Gasteiger partial charge in [-0.25, -0.2) is 0 Å². The van der Waals surface area contributed by atoms with E-state index < -0.39 is 0 Å². The summed E-state index contributed by atoms with van der Waals surface area (Å²) in [6.45, 7) is 0.555. The first-order valence-corrected chi connectivity index (χ1v) is 4.97. The van der Waals surface area contributed by atoms with E-state index in [1.54, 1.807) is 0 Å². The van der Waals surface area contributed by atoms with Gasteiger partial charge in [-0.3, -0.25) is 14.5 Å². The number of amides is 2. The molecular weight excluding hydrogens is 178 g/mol. The minimum atomic E-state index is -0.169. The molecule has 74 valence electrons. The second-order valence-electron chi connectivity index (χ2n) is 3.72. The Labute approximate surface area is 83.1 Å². The highest BCUT2D eigenvalue weighted by Gasteiger charge is 2.23. The molecular formula is C11H13NO2. The van der Waals surface area contributed by atoms with Crippen molar-refractivity contribution in [3.8, 4) is 0 Å². The van der Waals surface area contributed by atoms with Gasteiger partial charge in [-0.15, -0.1) is 0 Å². The molecule has 0 saturated carbocycles. The van der Waals surface area contributed by atoms with Crippen LogP contribution in [0.2, 0.25) is 0 Å². The maximum Gasteiger partial charge on any atom is 0.253 e. The van der Waals surface area contributed by atoms with E-state index >= 15 is 0 Å². The first-order chi connectivity index (χ1) is 6.77. The molecule has 0 saturated heterocycles. The Bertz CT molecular complexity index is 299. The largest absolute Gasteiger partial charge is 0.275 e. The number of nitrogens with zero attached hydrogens (tertiary/aromatic N) is 1. The predicted octanol–water partition coefficient (Wildman–Crippen LogP) is 1.27. The minimum Gasteiger partial charge on any atom is -0.275 e. The Morgan fingerprint density at radius 1 is 1.29 bits per heavy atom. The normalized spacial score (nSPS) is 25.4. The number of carbonyl (C=O) groups excluding carboxylic acids is 2. The molecule has 0 aromatic heterocycles. The van der Waals surface area contributed by atoms with Crippen molar-refractivity contribution in [2.75, 3.05) is 6.54 Å². The monoisotopic (exact) mass is 191 g/mol. The molecule has 0 N–H and O–H groups in total. The molecule has 1 aliphatic heterocycles. The maximum absolute atomic E-state index is 11.2. The molecule has 0 fully saturated rings. The van der Waals surface area contributed by atoms with Crippen LogP contribution in [0.15, 0.2) is 24.3 Å². The van der Waals surface area contributed by atoms with Gasteiger partial charge in [-0.1, -0.05) is 12.2 Å². The van der Waals surface area contributed by atoms with Gasteiger partial charge in [0.05, 0.1) is 0 Å². The summed E-state index contributed by atoms with van der Waals surface area (Å²) in [6, 6.07) is 0. The fraction of sp³-hybridized carbons (Fsp3) is 0.455. The molecule has 1 aliphatic carbocycles. The molecule has 0 aromatic rings. The molecule has 2 rings (SSSR count). The summed E-state index contributed by atoms with van der Waals surface area (Å²) >= 11 is 0. The molecule has 1 unspecified atom stereocenters. The van der Waals surface area contributed by atoms with E-state index in [1.165, 1.54) is 17.1 Å². The number of hydrogen-bond acceptors (Lipinski definition) is 2. The third-order valence-electron chi connectivity index (χ3n) is 2.74. The minimum absolute atomic E-state index is 0.169. The van der Waals surface area contributed by atoms with Crippen LogP contribution >= 0.6 is 0 Å². The Morgan fingerprint density at radius 2 is 2.00 bits per heavy atom. The molecule has 0 aromatic carbocycles. The third-order valence-corrected chi connectivity index (χ3v) is 2.74. The SMILES string of the molecule is O=C1C=CC(=O)N1CCC1C=CCC1. The highest BCUT2D eigenvalue weighted by Crippen LogP contribution is 2.21. The molecule has 0 bridgehead atoms. The number of imide groups is 1. The summed E-state index contributed by atoms with van der Waals surface area (Å²) < 4.78 is 0. The van der Waals surface area contributed by atoms with E-state index in [0.29, 0.717) is 12.5 Å². The fourth-order valence-electron chi connectivity index (χ4n) is 1.88. The summed E-state index contributed by atoms with van der Waals surface area (Å²) in [7, 11) is 0. The standard InChI is InChI=1S/C11H13NO2/c13-10-5-6-11(14)12(10)8-7-9-3-1-2-4-9/h1,3,5-6,9H,2,4,7-8H2. The Balaban J connectivity index is 1.83. The molecule has 1 heterocycles. The first-order valence-electron chi connectivity index (χ1n) is 4.97. The molecule has 3 heteroatoms. The van der Waals surface area contributed by atoms with Gasteiger partial charge in [0, 0.05) is 18.7 Å². The highest BCUT2D eigenvalue weighted by molar-refractivity contribution is 6.12. The lowest BCUT2D eigenvalue weighted by molar-refractivity contribution is -0.136. The van der Waals surface area contributed by atoms with Gasteiger partial charge in [0.2, 0.25) is 0 Å². The molecule has 1 atom stereocenters. The summed E-state index contributed by atoms with van der Waals surface area (Å²) in [5.74, 6) is 0.213. The van der Waals surface area contributed by atoms with Crippen LogP contribution in [0.4, 0.5) is 0 Å².